The molecule has 0 aliphatic heterocycles. The second-order valence-electron chi connectivity index (χ2n) is 6.03. The molecular weight excluding hydrogens is 439 g/mol. The molecule has 0 bridgehead atoms. The molecule has 1 aromatic heterocycles. The molecule has 2 aromatic rings. The van der Waals surface area contributed by atoms with Crippen molar-refractivity contribution in [3.05, 3.63) is 47.0 Å². The van der Waals surface area contributed by atoms with Gasteiger partial charge in [-0.15, -0.1) is 11.3 Å². The molecule has 0 saturated heterocycles. The molecule has 0 aliphatic rings. The van der Waals surface area contributed by atoms with Crippen molar-refractivity contribution in [2.24, 2.45) is 0 Å². The SMILES string of the molecule is CCOC(=O)Cc1cnc(NC(=O)N[C@@](C(=O)OCC)(c2ccccc2)C(F)(F)F)s1. The van der Waals surface area contributed by atoms with Gasteiger partial charge in [0.25, 0.3) is 5.54 Å². The molecular formula is C19H20F3N3O5S. The van der Waals surface area contributed by atoms with Gasteiger partial charge in [0.2, 0.25) is 0 Å². The number of nitrogens with one attached hydrogen (secondary N) is 2. The number of benzene rings is 1. The Morgan fingerprint density at radius 1 is 1.06 bits per heavy atom. The maximum Gasteiger partial charge on any atom is 0.426 e. The predicted molar refractivity (Wildman–Crippen MR) is 105 cm³/mol. The molecule has 8 nitrogen and oxygen atoms in total. The number of ether oxygens (including phenoxy) is 2. The van der Waals surface area contributed by atoms with E-state index in [1.807, 2.05) is 0 Å². The van der Waals surface area contributed by atoms with Gasteiger partial charge in [-0.25, -0.2) is 14.6 Å². The summed E-state index contributed by atoms with van der Waals surface area (Å²) >= 11 is 0.882. The van der Waals surface area contributed by atoms with Crippen LogP contribution in [0.15, 0.2) is 36.5 Å². The van der Waals surface area contributed by atoms with E-state index in [0.717, 1.165) is 23.5 Å². The number of hydrogen-bond donors (Lipinski definition) is 2. The van der Waals surface area contributed by atoms with Gasteiger partial charge in [0.1, 0.15) is 0 Å². The molecule has 1 atom stereocenters. The van der Waals surface area contributed by atoms with Crippen molar-refractivity contribution >= 4 is 34.4 Å². The first-order valence-electron chi connectivity index (χ1n) is 9.13. The van der Waals surface area contributed by atoms with E-state index in [9.17, 15) is 27.6 Å². The topological polar surface area (TPSA) is 107 Å². The lowest BCUT2D eigenvalue weighted by molar-refractivity contribution is -0.213. The summed E-state index contributed by atoms with van der Waals surface area (Å²) in [6.45, 7) is 2.87. The Morgan fingerprint density at radius 2 is 1.71 bits per heavy atom. The van der Waals surface area contributed by atoms with Crippen LogP contribution in [0.2, 0.25) is 0 Å². The first-order chi connectivity index (χ1) is 14.6. The third kappa shape index (κ3) is 5.72. The number of halogens is 3. The van der Waals surface area contributed by atoms with Crippen LogP contribution in [0.3, 0.4) is 0 Å². The number of carbonyl (C=O) groups excluding carboxylic acids is 3. The first-order valence-corrected chi connectivity index (χ1v) is 9.94. The van der Waals surface area contributed by atoms with Crippen LogP contribution in [-0.2, 0) is 31.0 Å². The minimum Gasteiger partial charge on any atom is -0.466 e. The number of urea groups is 1. The van der Waals surface area contributed by atoms with E-state index in [0.29, 0.717) is 4.88 Å². The summed E-state index contributed by atoms with van der Waals surface area (Å²) in [5, 5.41) is 3.81. The van der Waals surface area contributed by atoms with Gasteiger partial charge in [-0.2, -0.15) is 13.2 Å². The third-order valence-electron chi connectivity index (χ3n) is 3.91. The molecule has 1 heterocycles. The highest BCUT2D eigenvalue weighted by molar-refractivity contribution is 7.15. The van der Waals surface area contributed by atoms with Crippen molar-refractivity contribution in [2.45, 2.75) is 32.0 Å². The standard InChI is InChI=1S/C19H20F3N3O5S/c1-3-29-14(26)10-13-11-23-17(31-13)24-16(28)25-18(19(20,21)22,15(27)30-4-2)12-8-6-5-7-9-12/h5-9,11H,3-4,10H2,1-2H3,(H2,23,24,25,28)/t18-/m1/s1. The molecule has 0 unspecified atom stereocenters. The molecule has 2 rings (SSSR count). The van der Waals surface area contributed by atoms with Gasteiger partial charge in [-0.05, 0) is 19.4 Å². The maximum absolute atomic E-state index is 14.1. The van der Waals surface area contributed by atoms with Crippen LogP contribution in [0.4, 0.5) is 23.1 Å². The summed E-state index contributed by atoms with van der Waals surface area (Å²) in [6.07, 6.45) is -4.03. The van der Waals surface area contributed by atoms with Gasteiger partial charge in [0, 0.05) is 11.1 Å². The minimum absolute atomic E-state index is 0.0650. The van der Waals surface area contributed by atoms with Crippen LogP contribution < -0.4 is 10.6 Å². The van der Waals surface area contributed by atoms with Crippen LogP contribution in [-0.4, -0.2) is 42.3 Å². The fraction of sp³-hybridized carbons (Fsp3) is 0.368. The fourth-order valence-electron chi connectivity index (χ4n) is 2.62. The first kappa shape index (κ1) is 24.1. The quantitative estimate of drug-likeness (QED) is 0.586. The second kappa shape index (κ2) is 10.2. The number of esters is 2. The third-order valence-corrected chi connectivity index (χ3v) is 4.83. The minimum atomic E-state index is -5.21. The van der Waals surface area contributed by atoms with Gasteiger partial charge in [0.05, 0.1) is 19.6 Å². The van der Waals surface area contributed by atoms with Crippen molar-refractivity contribution < 1.29 is 37.0 Å². The molecule has 0 spiro atoms. The van der Waals surface area contributed by atoms with Crippen molar-refractivity contribution in [2.75, 3.05) is 18.5 Å². The Labute approximate surface area is 179 Å². The zero-order valence-corrected chi connectivity index (χ0v) is 17.4. The van der Waals surface area contributed by atoms with E-state index in [4.69, 9.17) is 4.74 Å². The summed E-state index contributed by atoms with van der Waals surface area (Å²) in [5.41, 5.74) is -3.95. The lowest BCUT2D eigenvalue weighted by Crippen LogP contribution is -2.62. The summed E-state index contributed by atoms with van der Waals surface area (Å²) in [7, 11) is 0. The molecule has 0 aliphatic carbocycles. The zero-order valence-electron chi connectivity index (χ0n) is 16.6. The summed E-state index contributed by atoms with van der Waals surface area (Å²) in [5.74, 6) is -2.18. The lowest BCUT2D eigenvalue weighted by Gasteiger charge is -2.34. The van der Waals surface area contributed by atoms with Crippen molar-refractivity contribution in [3.63, 3.8) is 0 Å². The van der Waals surface area contributed by atoms with Crippen LogP contribution >= 0.6 is 11.3 Å². The normalized spacial score (nSPS) is 13.1. The molecule has 31 heavy (non-hydrogen) atoms. The monoisotopic (exact) mass is 459 g/mol. The average Bonchev–Trinajstić information content (AvgIpc) is 3.12. The van der Waals surface area contributed by atoms with Gasteiger partial charge in [-0.1, -0.05) is 30.3 Å². The number of anilines is 1. The van der Waals surface area contributed by atoms with E-state index in [1.165, 1.54) is 31.3 Å². The number of hydrogen-bond acceptors (Lipinski definition) is 7. The molecule has 1 aromatic carbocycles. The Morgan fingerprint density at radius 3 is 2.29 bits per heavy atom. The number of amides is 2. The molecule has 2 N–H and O–H groups in total. The van der Waals surface area contributed by atoms with Gasteiger partial charge in [-0.3, -0.25) is 10.1 Å². The van der Waals surface area contributed by atoms with Gasteiger partial charge < -0.3 is 14.8 Å². The van der Waals surface area contributed by atoms with E-state index < -0.39 is 35.2 Å². The van der Waals surface area contributed by atoms with Gasteiger partial charge >= 0.3 is 24.1 Å². The van der Waals surface area contributed by atoms with Crippen LogP contribution in [0, 0.1) is 0 Å². The van der Waals surface area contributed by atoms with E-state index in [2.05, 4.69) is 15.0 Å². The largest absolute Gasteiger partial charge is 0.466 e. The number of nitrogens with zero attached hydrogens (tertiary/aromatic N) is 1. The zero-order chi connectivity index (χ0) is 23.1. The van der Waals surface area contributed by atoms with Crippen molar-refractivity contribution in [3.8, 4) is 0 Å². The van der Waals surface area contributed by atoms with Gasteiger partial charge in [0.15, 0.2) is 5.13 Å². The highest BCUT2D eigenvalue weighted by Crippen LogP contribution is 2.40. The van der Waals surface area contributed by atoms with Crippen LogP contribution in [0.1, 0.15) is 24.3 Å². The Hall–Kier alpha value is -3.15. The highest BCUT2D eigenvalue weighted by Gasteiger charge is 2.64. The van der Waals surface area contributed by atoms with E-state index in [-0.39, 0.29) is 24.8 Å². The Balaban J connectivity index is 2.29. The number of thiazole rings is 1. The Kier molecular flexibility index (Phi) is 7.97. The second-order valence-corrected chi connectivity index (χ2v) is 7.14. The molecule has 12 heteroatoms. The van der Waals surface area contributed by atoms with Crippen molar-refractivity contribution in [1.82, 2.24) is 10.3 Å². The average molecular weight is 459 g/mol. The summed E-state index contributed by atoms with van der Waals surface area (Å²) in [6, 6.07) is 4.87. The van der Waals surface area contributed by atoms with E-state index in [1.54, 1.807) is 12.2 Å². The molecule has 168 valence electrons. The van der Waals surface area contributed by atoms with E-state index >= 15 is 0 Å². The Bertz CT molecular complexity index is 920. The molecule has 0 saturated carbocycles. The number of aromatic nitrogens is 1. The molecule has 0 radical (unpaired) electrons. The van der Waals surface area contributed by atoms with Crippen LogP contribution in [0.25, 0.3) is 0 Å². The summed E-state index contributed by atoms with van der Waals surface area (Å²) < 4.78 is 51.9. The number of rotatable bonds is 8. The highest BCUT2D eigenvalue weighted by atomic mass is 32.1. The maximum atomic E-state index is 14.1. The van der Waals surface area contributed by atoms with Crippen molar-refractivity contribution in [1.29, 1.82) is 0 Å². The van der Waals surface area contributed by atoms with Crippen LogP contribution in [0.5, 0.6) is 0 Å². The predicted octanol–water partition coefficient (Wildman–Crippen LogP) is 3.39. The summed E-state index contributed by atoms with van der Waals surface area (Å²) in [4.78, 5) is 40.7. The number of carbonyl (C=O) groups is 3. The number of alkyl halides is 3. The molecule has 0 fully saturated rings. The fourth-order valence-corrected chi connectivity index (χ4v) is 3.41. The lowest BCUT2D eigenvalue weighted by atomic mass is 9.89. The smallest absolute Gasteiger partial charge is 0.426 e. The molecule has 2 amide bonds.